The molecule has 0 unspecified atom stereocenters. The molecule has 0 saturated carbocycles. The zero-order valence-corrected chi connectivity index (χ0v) is 12.2. The van der Waals surface area contributed by atoms with Gasteiger partial charge in [0.15, 0.2) is 0 Å². The lowest BCUT2D eigenvalue weighted by Gasteiger charge is -1.88. The summed E-state index contributed by atoms with van der Waals surface area (Å²) in [4.78, 5) is 0. The summed E-state index contributed by atoms with van der Waals surface area (Å²) in [5, 5.41) is 1.12. The van der Waals surface area contributed by atoms with Crippen LogP contribution >= 0.6 is 0 Å². The van der Waals surface area contributed by atoms with Crippen molar-refractivity contribution in [2.24, 2.45) is 0 Å². The lowest BCUT2D eigenvalue weighted by Crippen LogP contribution is -1.70. The average molecular weight is 244 g/mol. The first-order valence-electron chi connectivity index (χ1n) is 6.63. The molecule has 0 fully saturated rings. The Morgan fingerprint density at radius 2 is 1.67 bits per heavy atom. The monoisotopic (exact) mass is 244 g/mol. The van der Waals surface area contributed by atoms with Crippen LogP contribution in [0.15, 0.2) is 41.3 Å². The largest absolute Gasteiger partial charge is 0.456 e. The molecule has 1 nitrogen and oxygen atoms in total. The van der Waals surface area contributed by atoms with E-state index in [9.17, 15) is 0 Å². The Hall–Kier alpha value is -1.76. The van der Waals surface area contributed by atoms with Crippen molar-refractivity contribution in [2.75, 3.05) is 0 Å². The zero-order valence-electron chi connectivity index (χ0n) is 12.2. The van der Waals surface area contributed by atoms with Crippen molar-refractivity contribution in [3.05, 3.63) is 48.2 Å². The van der Waals surface area contributed by atoms with E-state index in [-0.39, 0.29) is 0 Å². The minimum absolute atomic E-state index is 0.878. The molecule has 0 bridgehead atoms. The van der Waals surface area contributed by atoms with Crippen molar-refractivity contribution in [2.45, 2.75) is 34.6 Å². The van der Waals surface area contributed by atoms with E-state index in [4.69, 9.17) is 4.42 Å². The SMILES string of the molecule is C=Cc1c(/C=C\C)oc2ccccc12.CC.CC. The van der Waals surface area contributed by atoms with E-state index in [0.29, 0.717) is 0 Å². The fraction of sp³-hybridized carbons (Fsp3) is 0.294. The Labute approximate surface area is 111 Å². The van der Waals surface area contributed by atoms with Crippen LogP contribution in [0.3, 0.4) is 0 Å². The Kier molecular flexibility index (Phi) is 8.38. The minimum Gasteiger partial charge on any atom is -0.456 e. The average Bonchev–Trinajstić information content (AvgIpc) is 2.81. The van der Waals surface area contributed by atoms with Gasteiger partial charge in [0.05, 0.1) is 0 Å². The zero-order chi connectivity index (χ0) is 14.0. The van der Waals surface area contributed by atoms with Gasteiger partial charge in [0.2, 0.25) is 0 Å². The standard InChI is InChI=1S/C13H12O.2C2H6/c1-3-7-12-10(4-2)11-8-5-6-9-13(11)14-12;2*1-2/h3-9H,2H2,1H3;2*1-2H3/b7-3-;;. The van der Waals surface area contributed by atoms with E-state index in [2.05, 4.69) is 6.58 Å². The van der Waals surface area contributed by atoms with Crippen molar-refractivity contribution in [3.8, 4) is 0 Å². The third kappa shape index (κ3) is 3.63. The van der Waals surface area contributed by atoms with E-state index in [1.54, 1.807) is 0 Å². The normalized spacial score (nSPS) is 9.39. The van der Waals surface area contributed by atoms with Crippen molar-refractivity contribution in [1.82, 2.24) is 0 Å². The molecular formula is C17H24O. The van der Waals surface area contributed by atoms with Crippen LogP contribution in [0.25, 0.3) is 23.1 Å². The molecule has 0 aliphatic heterocycles. The Balaban J connectivity index is 0.000000659. The van der Waals surface area contributed by atoms with Gasteiger partial charge in [0.1, 0.15) is 11.3 Å². The molecule has 1 aromatic heterocycles. The number of para-hydroxylation sites is 1. The Morgan fingerprint density at radius 3 is 2.22 bits per heavy atom. The number of rotatable bonds is 2. The maximum Gasteiger partial charge on any atom is 0.135 e. The number of fused-ring (bicyclic) bond motifs is 1. The first-order valence-corrected chi connectivity index (χ1v) is 6.63. The number of hydrogen-bond donors (Lipinski definition) is 0. The van der Waals surface area contributed by atoms with Crippen LogP contribution in [-0.4, -0.2) is 0 Å². The van der Waals surface area contributed by atoms with Gasteiger partial charge in [0.25, 0.3) is 0 Å². The van der Waals surface area contributed by atoms with Gasteiger partial charge in [-0.2, -0.15) is 0 Å². The van der Waals surface area contributed by atoms with E-state index in [1.807, 2.05) is 77.1 Å². The second-order valence-corrected chi connectivity index (χ2v) is 3.08. The molecule has 0 aliphatic rings. The van der Waals surface area contributed by atoms with Gasteiger partial charge in [-0.05, 0) is 19.1 Å². The number of furan rings is 1. The van der Waals surface area contributed by atoms with Gasteiger partial charge in [-0.15, -0.1) is 0 Å². The van der Waals surface area contributed by atoms with Gasteiger partial charge >= 0.3 is 0 Å². The van der Waals surface area contributed by atoms with Gasteiger partial charge in [-0.25, -0.2) is 0 Å². The van der Waals surface area contributed by atoms with Crippen LogP contribution in [0.5, 0.6) is 0 Å². The predicted molar refractivity (Wildman–Crippen MR) is 83.7 cm³/mol. The maximum atomic E-state index is 5.67. The summed E-state index contributed by atoms with van der Waals surface area (Å²) in [6, 6.07) is 7.99. The third-order valence-electron chi connectivity index (χ3n) is 2.18. The van der Waals surface area contributed by atoms with Crippen LogP contribution < -0.4 is 0 Å². The van der Waals surface area contributed by atoms with Crippen molar-refractivity contribution in [1.29, 1.82) is 0 Å². The van der Waals surface area contributed by atoms with Gasteiger partial charge < -0.3 is 4.42 Å². The number of benzene rings is 1. The Bertz CT molecular complexity index is 489. The van der Waals surface area contributed by atoms with Crippen molar-refractivity contribution in [3.63, 3.8) is 0 Å². The summed E-state index contributed by atoms with van der Waals surface area (Å²) in [6.45, 7) is 13.8. The van der Waals surface area contributed by atoms with E-state index in [0.717, 1.165) is 22.3 Å². The van der Waals surface area contributed by atoms with Crippen LogP contribution in [-0.2, 0) is 0 Å². The van der Waals surface area contributed by atoms with Crippen LogP contribution in [0.1, 0.15) is 45.9 Å². The van der Waals surface area contributed by atoms with Gasteiger partial charge in [0, 0.05) is 10.9 Å². The highest BCUT2D eigenvalue weighted by Crippen LogP contribution is 2.27. The molecule has 2 rings (SSSR count). The second kappa shape index (κ2) is 9.29. The quantitative estimate of drug-likeness (QED) is 0.616. The molecule has 0 aliphatic carbocycles. The number of hydrogen-bond acceptors (Lipinski definition) is 1. The smallest absolute Gasteiger partial charge is 0.135 e. The van der Waals surface area contributed by atoms with Crippen LogP contribution in [0.2, 0.25) is 0 Å². The topological polar surface area (TPSA) is 13.1 Å². The molecule has 98 valence electrons. The van der Waals surface area contributed by atoms with E-state index in [1.165, 1.54) is 0 Å². The summed E-state index contributed by atoms with van der Waals surface area (Å²) < 4.78 is 5.67. The molecule has 0 spiro atoms. The highest BCUT2D eigenvalue weighted by molar-refractivity contribution is 5.90. The molecule has 0 amide bonds. The molecule has 1 heteroatoms. The van der Waals surface area contributed by atoms with E-state index >= 15 is 0 Å². The lowest BCUT2D eigenvalue weighted by molar-refractivity contribution is 0.603. The maximum absolute atomic E-state index is 5.67. The molecule has 2 aromatic rings. The fourth-order valence-corrected chi connectivity index (χ4v) is 1.57. The highest BCUT2D eigenvalue weighted by atomic mass is 16.3. The molecule has 1 aromatic carbocycles. The third-order valence-corrected chi connectivity index (χ3v) is 2.18. The lowest BCUT2D eigenvalue weighted by atomic mass is 10.1. The van der Waals surface area contributed by atoms with Crippen molar-refractivity contribution < 1.29 is 4.42 Å². The summed E-state index contributed by atoms with van der Waals surface area (Å²) in [7, 11) is 0. The molecule has 1 heterocycles. The Morgan fingerprint density at radius 1 is 1.06 bits per heavy atom. The fourth-order valence-electron chi connectivity index (χ4n) is 1.57. The van der Waals surface area contributed by atoms with Crippen molar-refractivity contribution >= 4 is 23.1 Å². The molecule has 0 atom stereocenters. The van der Waals surface area contributed by atoms with Gasteiger partial charge in [-0.1, -0.05) is 64.6 Å². The first-order chi connectivity index (χ1) is 8.86. The summed E-state index contributed by atoms with van der Waals surface area (Å²) in [6.07, 6.45) is 5.75. The predicted octanol–water partition coefficient (Wildman–Crippen LogP) is 6.16. The number of allylic oxidation sites excluding steroid dienone is 1. The molecule has 18 heavy (non-hydrogen) atoms. The van der Waals surface area contributed by atoms with Gasteiger partial charge in [-0.3, -0.25) is 0 Å². The van der Waals surface area contributed by atoms with E-state index < -0.39 is 0 Å². The summed E-state index contributed by atoms with van der Waals surface area (Å²) in [5.41, 5.74) is 1.98. The molecular weight excluding hydrogens is 220 g/mol. The first kappa shape index (κ1) is 16.2. The van der Waals surface area contributed by atoms with Crippen LogP contribution in [0, 0.1) is 0 Å². The summed E-state index contributed by atoms with van der Waals surface area (Å²) >= 11 is 0. The summed E-state index contributed by atoms with van der Waals surface area (Å²) in [5.74, 6) is 0.878. The highest BCUT2D eigenvalue weighted by Gasteiger charge is 2.07. The molecule has 0 radical (unpaired) electrons. The second-order valence-electron chi connectivity index (χ2n) is 3.08. The molecule has 0 N–H and O–H groups in total. The minimum atomic E-state index is 0.878. The molecule has 0 saturated heterocycles. The van der Waals surface area contributed by atoms with Crippen LogP contribution in [0.4, 0.5) is 0 Å².